The van der Waals surface area contributed by atoms with Crippen LogP contribution in [-0.2, 0) is 5.79 Å². The van der Waals surface area contributed by atoms with Gasteiger partial charge in [-0.05, 0) is 25.0 Å². The average molecular weight is 180 g/mol. The van der Waals surface area contributed by atoms with Crippen LogP contribution in [0.3, 0.4) is 0 Å². The second-order valence-electron chi connectivity index (χ2n) is 3.44. The molecule has 0 unspecified atom stereocenters. The van der Waals surface area contributed by atoms with E-state index in [1.54, 1.807) is 6.92 Å². The third-order valence-electron chi connectivity index (χ3n) is 2.37. The Morgan fingerprint density at radius 1 is 1.15 bits per heavy atom. The minimum absolute atomic E-state index is 0.304. The van der Waals surface area contributed by atoms with Gasteiger partial charge < -0.3 is 10.2 Å². The number of hydrogen-bond acceptors (Lipinski definition) is 2. The molecule has 2 heteroatoms. The van der Waals surface area contributed by atoms with E-state index in [9.17, 15) is 10.2 Å². The molecular weight excluding hydrogens is 164 g/mol. The van der Waals surface area contributed by atoms with Crippen LogP contribution in [0.15, 0.2) is 18.2 Å². The van der Waals surface area contributed by atoms with E-state index in [2.05, 4.69) is 0 Å². The number of hydrogen-bond donors (Lipinski definition) is 2. The fourth-order valence-corrected chi connectivity index (χ4v) is 1.62. The first kappa shape index (κ1) is 10.2. The zero-order valence-electron chi connectivity index (χ0n) is 8.33. The molecule has 0 saturated carbocycles. The molecule has 0 saturated heterocycles. The molecule has 0 radical (unpaired) electrons. The van der Waals surface area contributed by atoms with E-state index in [0.29, 0.717) is 12.0 Å². The summed E-state index contributed by atoms with van der Waals surface area (Å²) in [6.07, 6.45) is 0.304. The first-order valence-corrected chi connectivity index (χ1v) is 4.50. The summed E-state index contributed by atoms with van der Waals surface area (Å²) < 4.78 is 0. The van der Waals surface area contributed by atoms with Crippen LogP contribution in [0.2, 0.25) is 0 Å². The predicted octanol–water partition coefficient (Wildman–Crippen LogP) is 1.85. The van der Waals surface area contributed by atoms with Crippen LogP contribution in [0.4, 0.5) is 0 Å². The molecule has 0 aliphatic heterocycles. The third kappa shape index (κ3) is 1.90. The Kier molecular flexibility index (Phi) is 2.74. The van der Waals surface area contributed by atoms with Crippen molar-refractivity contribution < 1.29 is 10.2 Å². The van der Waals surface area contributed by atoms with Crippen molar-refractivity contribution in [1.29, 1.82) is 0 Å². The van der Waals surface area contributed by atoms with E-state index < -0.39 is 5.79 Å². The van der Waals surface area contributed by atoms with Crippen molar-refractivity contribution in [3.05, 3.63) is 34.9 Å². The van der Waals surface area contributed by atoms with Crippen LogP contribution < -0.4 is 0 Å². The molecule has 0 aliphatic rings. The quantitative estimate of drug-likeness (QED) is 0.682. The van der Waals surface area contributed by atoms with Gasteiger partial charge in [0.25, 0.3) is 0 Å². The Balaban J connectivity index is 3.28. The Morgan fingerprint density at radius 2 is 1.62 bits per heavy atom. The maximum absolute atomic E-state index is 9.71. The van der Waals surface area contributed by atoms with Gasteiger partial charge in [0, 0.05) is 12.0 Å². The van der Waals surface area contributed by atoms with Gasteiger partial charge in [0.15, 0.2) is 5.79 Å². The molecule has 0 aromatic heterocycles. The zero-order chi connectivity index (χ0) is 10.1. The second kappa shape index (κ2) is 3.48. The molecule has 1 aromatic carbocycles. The van der Waals surface area contributed by atoms with E-state index in [1.165, 1.54) is 0 Å². The molecule has 0 fully saturated rings. The van der Waals surface area contributed by atoms with Crippen molar-refractivity contribution in [2.45, 2.75) is 33.0 Å². The van der Waals surface area contributed by atoms with Gasteiger partial charge in [-0.25, -0.2) is 0 Å². The molecule has 2 nitrogen and oxygen atoms in total. The van der Waals surface area contributed by atoms with Crippen LogP contribution in [0.25, 0.3) is 0 Å². The highest BCUT2D eigenvalue weighted by Crippen LogP contribution is 2.27. The molecule has 0 bridgehead atoms. The predicted molar refractivity (Wildman–Crippen MR) is 52.3 cm³/mol. The molecule has 1 aromatic rings. The summed E-state index contributed by atoms with van der Waals surface area (Å²) in [6.45, 7) is 5.53. The molecule has 13 heavy (non-hydrogen) atoms. The normalized spacial score (nSPS) is 11.8. The maximum Gasteiger partial charge on any atom is 0.189 e. The second-order valence-corrected chi connectivity index (χ2v) is 3.44. The van der Waals surface area contributed by atoms with Gasteiger partial charge in [0.1, 0.15) is 0 Å². The van der Waals surface area contributed by atoms with E-state index in [4.69, 9.17) is 0 Å². The van der Waals surface area contributed by atoms with Gasteiger partial charge in [0.05, 0.1) is 0 Å². The van der Waals surface area contributed by atoms with Crippen molar-refractivity contribution in [2.24, 2.45) is 0 Å². The molecular formula is C11H16O2. The van der Waals surface area contributed by atoms with Crippen LogP contribution in [0.1, 0.15) is 30.0 Å². The number of rotatable bonds is 2. The summed E-state index contributed by atoms with van der Waals surface area (Å²) in [6, 6.07) is 5.69. The Labute approximate surface area is 78.8 Å². The fraction of sp³-hybridized carbons (Fsp3) is 0.455. The molecule has 2 N–H and O–H groups in total. The lowest BCUT2D eigenvalue weighted by Crippen LogP contribution is -2.26. The number of benzene rings is 1. The summed E-state index contributed by atoms with van der Waals surface area (Å²) in [5, 5.41) is 19.4. The molecule has 1 rings (SSSR count). The number of aryl methyl sites for hydroxylation is 2. The summed E-state index contributed by atoms with van der Waals surface area (Å²) in [5.74, 6) is -1.69. The topological polar surface area (TPSA) is 40.5 Å². The smallest absolute Gasteiger partial charge is 0.189 e. The van der Waals surface area contributed by atoms with Crippen molar-refractivity contribution >= 4 is 0 Å². The van der Waals surface area contributed by atoms with Crippen molar-refractivity contribution in [1.82, 2.24) is 0 Å². The summed E-state index contributed by atoms with van der Waals surface area (Å²) >= 11 is 0. The summed E-state index contributed by atoms with van der Waals surface area (Å²) in [7, 11) is 0. The molecule has 0 atom stereocenters. The first-order chi connectivity index (χ1) is 5.99. The van der Waals surface area contributed by atoms with Gasteiger partial charge in [0.2, 0.25) is 0 Å². The van der Waals surface area contributed by atoms with E-state index in [-0.39, 0.29) is 0 Å². The standard InChI is InChI=1S/C11H16O2/c1-4-11(12,13)10-8(2)6-5-7-9(10)3/h5-7,12-13H,4H2,1-3H3. The third-order valence-corrected chi connectivity index (χ3v) is 2.37. The molecule has 0 spiro atoms. The van der Waals surface area contributed by atoms with E-state index in [1.807, 2.05) is 32.0 Å². The SMILES string of the molecule is CCC(O)(O)c1c(C)cccc1C. The van der Waals surface area contributed by atoms with Crippen LogP contribution in [0, 0.1) is 13.8 Å². The van der Waals surface area contributed by atoms with Crippen molar-refractivity contribution in [3.8, 4) is 0 Å². The van der Waals surface area contributed by atoms with Crippen molar-refractivity contribution in [2.75, 3.05) is 0 Å². The fourth-order valence-electron chi connectivity index (χ4n) is 1.62. The average Bonchev–Trinajstić information content (AvgIpc) is 2.03. The molecule has 0 aliphatic carbocycles. The molecule has 72 valence electrons. The summed E-state index contributed by atoms with van der Waals surface area (Å²) in [4.78, 5) is 0. The van der Waals surface area contributed by atoms with Crippen LogP contribution >= 0.6 is 0 Å². The first-order valence-electron chi connectivity index (χ1n) is 4.50. The molecule has 0 heterocycles. The highest BCUT2D eigenvalue weighted by Gasteiger charge is 2.26. The number of aliphatic hydroxyl groups is 2. The van der Waals surface area contributed by atoms with Gasteiger partial charge in [-0.15, -0.1) is 0 Å². The van der Waals surface area contributed by atoms with Crippen LogP contribution in [0.5, 0.6) is 0 Å². The lowest BCUT2D eigenvalue weighted by Gasteiger charge is -2.24. The summed E-state index contributed by atoms with van der Waals surface area (Å²) in [5.41, 5.74) is 2.48. The lowest BCUT2D eigenvalue weighted by molar-refractivity contribution is -0.171. The maximum atomic E-state index is 9.71. The minimum Gasteiger partial charge on any atom is -0.362 e. The largest absolute Gasteiger partial charge is 0.362 e. The zero-order valence-corrected chi connectivity index (χ0v) is 8.33. The lowest BCUT2D eigenvalue weighted by atomic mass is 9.94. The van der Waals surface area contributed by atoms with E-state index >= 15 is 0 Å². The Bertz CT molecular complexity index is 283. The Hall–Kier alpha value is -0.860. The van der Waals surface area contributed by atoms with Gasteiger partial charge in [-0.1, -0.05) is 25.1 Å². The molecule has 0 amide bonds. The van der Waals surface area contributed by atoms with E-state index in [0.717, 1.165) is 11.1 Å². The van der Waals surface area contributed by atoms with Gasteiger partial charge >= 0.3 is 0 Å². The van der Waals surface area contributed by atoms with Crippen LogP contribution in [-0.4, -0.2) is 10.2 Å². The highest BCUT2D eigenvalue weighted by molar-refractivity contribution is 5.36. The Morgan fingerprint density at radius 3 is 2.00 bits per heavy atom. The highest BCUT2D eigenvalue weighted by atomic mass is 16.5. The minimum atomic E-state index is -1.69. The van der Waals surface area contributed by atoms with Gasteiger partial charge in [-0.3, -0.25) is 0 Å². The van der Waals surface area contributed by atoms with Gasteiger partial charge in [-0.2, -0.15) is 0 Å². The monoisotopic (exact) mass is 180 g/mol. The van der Waals surface area contributed by atoms with Crippen molar-refractivity contribution in [3.63, 3.8) is 0 Å².